The van der Waals surface area contributed by atoms with Crippen molar-refractivity contribution in [3.8, 4) is 22.9 Å². The second kappa shape index (κ2) is 15.0. The summed E-state index contributed by atoms with van der Waals surface area (Å²) in [6.45, 7) is 4.18. The van der Waals surface area contributed by atoms with E-state index in [1.807, 2.05) is 72.3 Å². The highest BCUT2D eigenvalue weighted by Gasteiger charge is 2.36. The van der Waals surface area contributed by atoms with Crippen molar-refractivity contribution in [2.45, 2.75) is 38.0 Å². The van der Waals surface area contributed by atoms with Crippen LogP contribution in [0.3, 0.4) is 0 Å². The highest BCUT2D eigenvalue weighted by Crippen LogP contribution is 2.42. The monoisotopic (exact) mass is 696 g/mol. The van der Waals surface area contributed by atoms with Crippen LogP contribution in [-0.4, -0.2) is 64.4 Å². The van der Waals surface area contributed by atoms with Gasteiger partial charge in [0.15, 0.2) is 22.5 Å². The third kappa shape index (κ3) is 7.03. The smallest absolute Gasteiger partial charge is 0.253 e. The molecule has 3 heterocycles. The number of nitrogens with one attached hydrogen (secondary N) is 1. The maximum absolute atomic E-state index is 14.1. The molecule has 0 saturated heterocycles. The zero-order valence-corrected chi connectivity index (χ0v) is 29.4. The van der Waals surface area contributed by atoms with Crippen LogP contribution in [0.5, 0.6) is 17.2 Å². The molecule has 1 aliphatic rings. The molecule has 252 valence electrons. The first-order chi connectivity index (χ1) is 23.8. The Morgan fingerprint density at radius 3 is 2.53 bits per heavy atom. The number of methoxy groups -OCH3 is 3. The Hall–Kier alpha value is -5.14. The quantitative estimate of drug-likeness (QED) is 0.150. The number of amides is 2. The summed E-state index contributed by atoms with van der Waals surface area (Å²) in [6.07, 6.45) is 0.524. The van der Waals surface area contributed by atoms with E-state index in [-0.39, 0.29) is 24.1 Å². The predicted molar refractivity (Wildman–Crippen MR) is 190 cm³/mol. The van der Waals surface area contributed by atoms with Crippen LogP contribution in [0.1, 0.15) is 50.2 Å². The van der Waals surface area contributed by atoms with Gasteiger partial charge < -0.3 is 19.5 Å². The van der Waals surface area contributed by atoms with Crippen LogP contribution < -0.4 is 19.5 Å². The van der Waals surface area contributed by atoms with Gasteiger partial charge >= 0.3 is 0 Å². The molecule has 0 fully saturated rings. The van der Waals surface area contributed by atoms with Gasteiger partial charge in [-0.3, -0.25) is 14.2 Å². The number of aromatic nitrogens is 3. The molecule has 0 saturated carbocycles. The van der Waals surface area contributed by atoms with Crippen molar-refractivity contribution in [1.29, 1.82) is 0 Å². The summed E-state index contributed by atoms with van der Waals surface area (Å²) in [5.74, 6) is 1.84. The lowest BCUT2D eigenvalue weighted by Crippen LogP contribution is -2.29. The molecule has 2 aromatic heterocycles. The van der Waals surface area contributed by atoms with E-state index in [0.717, 1.165) is 33.0 Å². The van der Waals surface area contributed by atoms with E-state index >= 15 is 0 Å². The molecule has 0 radical (unpaired) electrons. The second-order valence-electron chi connectivity index (χ2n) is 11.2. The number of carbonyl (C=O) groups excluding carboxylic acids is 2. The van der Waals surface area contributed by atoms with Crippen molar-refractivity contribution in [3.63, 3.8) is 0 Å². The first-order valence-corrected chi connectivity index (χ1v) is 17.4. The molecule has 0 aliphatic carbocycles. The van der Waals surface area contributed by atoms with Gasteiger partial charge in [0.1, 0.15) is 5.75 Å². The van der Waals surface area contributed by atoms with Crippen LogP contribution in [0.4, 0.5) is 0 Å². The number of nitrogens with zero attached hydrogens (tertiary/aromatic N) is 5. The molecular weight excluding hydrogens is 661 g/mol. The minimum atomic E-state index is -0.394. The van der Waals surface area contributed by atoms with E-state index in [0.29, 0.717) is 40.2 Å². The molecule has 49 heavy (non-hydrogen) atoms. The summed E-state index contributed by atoms with van der Waals surface area (Å²) in [5, 5.41) is 20.8. The summed E-state index contributed by atoms with van der Waals surface area (Å²) in [7, 11) is 4.74. The standard InChI is InChI=1S/C36H36N6O5S2/c1-22-10-6-14-28(23(22)2)41-32(20-37-35(44)24-11-7-12-25(18-24)45-3)38-39-36(41)49-21-33(43)42-29(19-27(40-42)31-16-9-17-48-31)26-13-8-15-30(46-4)34(26)47-5/h6-18,29H,19-21H2,1-5H3,(H,37,44). The van der Waals surface area contributed by atoms with Gasteiger partial charge in [-0.25, -0.2) is 5.01 Å². The molecule has 0 bridgehead atoms. The summed E-state index contributed by atoms with van der Waals surface area (Å²) >= 11 is 2.85. The fraction of sp³-hybridized carbons (Fsp3) is 0.250. The largest absolute Gasteiger partial charge is 0.497 e. The number of thiophene rings is 1. The highest BCUT2D eigenvalue weighted by molar-refractivity contribution is 7.99. The average molecular weight is 697 g/mol. The van der Waals surface area contributed by atoms with E-state index in [1.165, 1.54) is 11.8 Å². The van der Waals surface area contributed by atoms with Gasteiger partial charge in [-0.05, 0) is 66.8 Å². The van der Waals surface area contributed by atoms with Crippen LogP contribution in [-0.2, 0) is 11.3 Å². The van der Waals surface area contributed by atoms with Gasteiger partial charge in [-0.1, -0.05) is 48.2 Å². The molecule has 1 aliphatic heterocycles. The summed E-state index contributed by atoms with van der Waals surface area (Å²) in [5.41, 5.74) is 5.09. The Kier molecular flexibility index (Phi) is 10.3. The second-order valence-corrected chi connectivity index (χ2v) is 13.1. The maximum Gasteiger partial charge on any atom is 0.253 e. The summed E-state index contributed by atoms with van der Waals surface area (Å²) in [6, 6.07) is 22.2. The third-order valence-electron chi connectivity index (χ3n) is 8.34. The van der Waals surface area contributed by atoms with E-state index in [1.54, 1.807) is 61.9 Å². The molecule has 1 atom stereocenters. The zero-order chi connectivity index (χ0) is 34.5. The van der Waals surface area contributed by atoms with Crippen LogP contribution in [0, 0.1) is 13.8 Å². The fourth-order valence-corrected chi connectivity index (χ4v) is 7.23. The van der Waals surface area contributed by atoms with E-state index in [9.17, 15) is 9.59 Å². The number of aryl methyl sites for hydroxylation is 1. The Balaban J connectivity index is 1.28. The number of hydrogen-bond donors (Lipinski definition) is 1. The molecule has 1 N–H and O–H groups in total. The Morgan fingerprint density at radius 1 is 0.959 bits per heavy atom. The topological polar surface area (TPSA) is 120 Å². The number of hydrazone groups is 1. The van der Waals surface area contributed by atoms with E-state index in [4.69, 9.17) is 19.3 Å². The van der Waals surface area contributed by atoms with Crippen molar-refractivity contribution >= 4 is 40.6 Å². The van der Waals surface area contributed by atoms with Gasteiger partial charge in [-0.15, -0.1) is 21.5 Å². The van der Waals surface area contributed by atoms with Crippen molar-refractivity contribution in [2.24, 2.45) is 5.10 Å². The number of carbonyl (C=O) groups is 2. The molecule has 0 spiro atoms. The summed E-state index contributed by atoms with van der Waals surface area (Å²) < 4.78 is 18.5. The van der Waals surface area contributed by atoms with Crippen LogP contribution in [0.25, 0.3) is 5.69 Å². The van der Waals surface area contributed by atoms with Crippen LogP contribution >= 0.6 is 23.1 Å². The Morgan fingerprint density at radius 2 is 1.78 bits per heavy atom. The minimum Gasteiger partial charge on any atom is -0.497 e. The first kappa shape index (κ1) is 33.7. The normalized spacial score (nSPS) is 14.0. The van der Waals surface area contributed by atoms with E-state index in [2.05, 4.69) is 15.5 Å². The van der Waals surface area contributed by atoms with Crippen molar-refractivity contribution in [3.05, 3.63) is 111 Å². The summed E-state index contributed by atoms with van der Waals surface area (Å²) in [4.78, 5) is 28.1. The molecule has 3 aromatic carbocycles. The van der Waals surface area contributed by atoms with Gasteiger partial charge in [-0.2, -0.15) is 5.10 Å². The zero-order valence-electron chi connectivity index (χ0n) is 27.8. The number of thioether (sulfide) groups is 1. The third-order valence-corrected chi connectivity index (χ3v) is 10.2. The molecule has 13 heteroatoms. The minimum absolute atomic E-state index is 0.0448. The lowest BCUT2D eigenvalue weighted by molar-refractivity contribution is -0.130. The lowest BCUT2D eigenvalue weighted by Gasteiger charge is -2.24. The number of hydrogen-bond acceptors (Lipinski definition) is 10. The van der Waals surface area contributed by atoms with Crippen molar-refractivity contribution in [2.75, 3.05) is 27.1 Å². The molecule has 5 aromatic rings. The molecule has 1 unspecified atom stereocenters. The van der Waals surface area contributed by atoms with Gasteiger partial charge in [0.2, 0.25) is 0 Å². The van der Waals surface area contributed by atoms with Crippen molar-refractivity contribution < 1.29 is 23.8 Å². The Labute approximate surface area is 292 Å². The fourth-order valence-electron chi connectivity index (χ4n) is 5.69. The van der Waals surface area contributed by atoms with Crippen molar-refractivity contribution in [1.82, 2.24) is 25.1 Å². The average Bonchev–Trinajstić information content (AvgIpc) is 3.91. The Bertz CT molecular complexity index is 2010. The van der Waals surface area contributed by atoms with Crippen LogP contribution in [0.2, 0.25) is 0 Å². The molecule has 6 rings (SSSR count). The number of rotatable bonds is 12. The predicted octanol–water partition coefficient (Wildman–Crippen LogP) is 6.37. The number of benzene rings is 3. The molecular formula is C36H36N6O5S2. The SMILES string of the molecule is COc1cccc(C(=O)NCc2nnc(SCC(=O)N3N=C(c4cccs4)CC3c3cccc(OC)c3OC)n2-c2cccc(C)c2C)c1. The molecule has 2 amide bonds. The van der Waals surface area contributed by atoms with Gasteiger partial charge in [0, 0.05) is 17.5 Å². The highest BCUT2D eigenvalue weighted by atomic mass is 32.2. The van der Waals surface area contributed by atoms with E-state index < -0.39 is 6.04 Å². The van der Waals surface area contributed by atoms with Gasteiger partial charge in [0.05, 0.1) is 55.9 Å². The number of para-hydroxylation sites is 1. The molecule has 11 nitrogen and oxygen atoms in total. The number of ether oxygens (including phenoxy) is 3. The van der Waals surface area contributed by atoms with Gasteiger partial charge in [0.25, 0.3) is 11.8 Å². The first-order valence-electron chi connectivity index (χ1n) is 15.5. The lowest BCUT2D eigenvalue weighted by atomic mass is 9.99. The van der Waals surface area contributed by atoms with Crippen LogP contribution in [0.15, 0.2) is 88.4 Å². The maximum atomic E-state index is 14.1.